The molecule has 0 saturated heterocycles. The van der Waals surface area contributed by atoms with Crippen molar-refractivity contribution in [3.05, 3.63) is 11.8 Å². The van der Waals surface area contributed by atoms with E-state index in [4.69, 9.17) is 5.73 Å². The average molecular weight is 347 g/mol. The van der Waals surface area contributed by atoms with E-state index in [0.717, 1.165) is 24.2 Å². The number of nitrogens with zero attached hydrogens (tertiary/aromatic N) is 3. The maximum absolute atomic E-state index is 12.1. The van der Waals surface area contributed by atoms with Crippen molar-refractivity contribution in [3.8, 4) is 0 Å². The summed E-state index contributed by atoms with van der Waals surface area (Å²) in [6, 6.07) is 1.70. The van der Waals surface area contributed by atoms with Gasteiger partial charge in [-0.05, 0) is 37.5 Å². The number of hydrogen-bond donors (Lipinski definition) is 2. The van der Waals surface area contributed by atoms with Crippen molar-refractivity contribution in [2.75, 3.05) is 11.5 Å². The lowest BCUT2D eigenvalue weighted by molar-refractivity contribution is -0.118. The molecule has 2 saturated carbocycles. The number of rotatable bonds is 4. The van der Waals surface area contributed by atoms with Crippen LogP contribution in [0.3, 0.4) is 0 Å². The number of carbonyl (C=O) groups excluding carboxylic acids is 1. The molecule has 2 bridgehead atoms. The number of nitrogens with two attached hydrogens (primary N) is 1. The maximum Gasteiger partial charge on any atom is 0.250 e. The molecule has 0 aromatic carbocycles. The topological polar surface area (TPSA) is 93.3 Å². The molecule has 24 heavy (non-hydrogen) atoms. The molecule has 6 nitrogen and oxygen atoms in total. The zero-order chi connectivity index (χ0) is 17.5. The van der Waals surface area contributed by atoms with Gasteiger partial charge in [0, 0.05) is 22.9 Å². The van der Waals surface area contributed by atoms with Gasteiger partial charge >= 0.3 is 0 Å². The van der Waals surface area contributed by atoms with Crippen LogP contribution in [0.4, 0.5) is 5.82 Å². The number of aryl methyl sites for hydroxylation is 1. The fourth-order valence-corrected chi connectivity index (χ4v) is 4.72. The van der Waals surface area contributed by atoms with Gasteiger partial charge in [0.15, 0.2) is 5.16 Å². The predicted octanol–water partition coefficient (Wildman–Crippen LogP) is 2.78. The Labute approximate surface area is 147 Å². The van der Waals surface area contributed by atoms with Gasteiger partial charge in [-0.1, -0.05) is 32.5 Å². The number of aromatic nitrogens is 2. The first kappa shape index (κ1) is 17.2. The fraction of sp³-hybridized carbons (Fsp3) is 0.647. The molecular formula is C17H25N5OS. The number of nitrogens with one attached hydrogen (secondary N) is 1. The molecule has 130 valence electrons. The summed E-state index contributed by atoms with van der Waals surface area (Å²) in [5, 5.41) is 4.98. The van der Waals surface area contributed by atoms with E-state index >= 15 is 0 Å². The number of carbonyl (C=O) groups is 1. The van der Waals surface area contributed by atoms with Crippen molar-refractivity contribution >= 4 is 29.2 Å². The van der Waals surface area contributed by atoms with Crippen LogP contribution in [0, 0.1) is 23.7 Å². The number of fused-ring (bicyclic) bond motifs is 2. The van der Waals surface area contributed by atoms with Gasteiger partial charge < -0.3 is 5.73 Å². The number of hydrogen-bond acceptors (Lipinski definition) is 6. The highest BCUT2D eigenvalue weighted by Crippen LogP contribution is 2.63. The molecule has 0 spiro atoms. The second-order valence-corrected chi connectivity index (χ2v) is 8.53. The fourth-order valence-electron chi connectivity index (χ4n) is 4.02. The maximum atomic E-state index is 12.1. The molecule has 0 radical (unpaired) electrons. The van der Waals surface area contributed by atoms with Crippen LogP contribution in [-0.2, 0) is 4.79 Å². The molecule has 1 heterocycles. The van der Waals surface area contributed by atoms with Gasteiger partial charge in [0.1, 0.15) is 5.82 Å². The van der Waals surface area contributed by atoms with Gasteiger partial charge in [-0.15, -0.1) is 0 Å². The van der Waals surface area contributed by atoms with Gasteiger partial charge in [-0.3, -0.25) is 4.79 Å². The first-order chi connectivity index (χ1) is 11.2. The Kier molecular flexibility index (Phi) is 4.32. The third-order valence-electron chi connectivity index (χ3n) is 6.01. The molecule has 0 aliphatic heterocycles. The zero-order valence-electron chi connectivity index (χ0n) is 14.7. The molecule has 1 aromatic heterocycles. The van der Waals surface area contributed by atoms with Crippen LogP contribution in [0.25, 0.3) is 0 Å². The van der Waals surface area contributed by atoms with Crippen LogP contribution in [0.2, 0.25) is 0 Å². The third kappa shape index (κ3) is 2.90. The van der Waals surface area contributed by atoms with Gasteiger partial charge in [0.25, 0.3) is 5.91 Å². The summed E-state index contributed by atoms with van der Waals surface area (Å²) in [7, 11) is 0. The van der Waals surface area contributed by atoms with E-state index in [9.17, 15) is 4.79 Å². The lowest BCUT2D eigenvalue weighted by atomic mass is 9.70. The molecule has 7 heteroatoms. The molecule has 3 rings (SSSR count). The van der Waals surface area contributed by atoms with Crippen molar-refractivity contribution in [1.82, 2.24) is 15.4 Å². The number of nitrogen functional groups attached to an aromatic ring is 1. The van der Waals surface area contributed by atoms with Crippen LogP contribution < -0.4 is 11.2 Å². The molecule has 2 atom stereocenters. The van der Waals surface area contributed by atoms with Crippen LogP contribution in [-0.4, -0.2) is 27.3 Å². The summed E-state index contributed by atoms with van der Waals surface area (Å²) >= 11 is 1.27. The first-order valence-electron chi connectivity index (χ1n) is 8.32. The number of thioether (sulfide) groups is 1. The number of amides is 1. The highest BCUT2D eigenvalue weighted by Gasteiger charge is 2.59. The van der Waals surface area contributed by atoms with Crippen molar-refractivity contribution in [1.29, 1.82) is 0 Å². The van der Waals surface area contributed by atoms with Crippen LogP contribution in [0.5, 0.6) is 0 Å². The Morgan fingerprint density at radius 1 is 1.46 bits per heavy atom. The van der Waals surface area contributed by atoms with Crippen LogP contribution in [0.15, 0.2) is 16.3 Å². The Morgan fingerprint density at radius 2 is 2.21 bits per heavy atom. The minimum atomic E-state index is -0.139. The van der Waals surface area contributed by atoms with Gasteiger partial charge in [-0.25, -0.2) is 15.4 Å². The van der Waals surface area contributed by atoms with Gasteiger partial charge in [0.05, 0.1) is 5.75 Å². The normalized spacial score (nSPS) is 29.2. The smallest absolute Gasteiger partial charge is 0.250 e. The SMILES string of the molecule is Cc1cc(N)nc(SCC(=O)NN=C2C[C@H]3CC[C@@]2(C)C3(C)C)n1. The minimum Gasteiger partial charge on any atom is -0.384 e. The lowest BCUT2D eigenvalue weighted by Crippen LogP contribution is -2.34. The summed E-state index contributed by atoms with van der Waals surface area (Å²) in [5.41, 5.74) is 10.7. The summed E-state index contributed by atoms with van der Waals surface area (Å²) in [4.78, 5) is 20.5. The number of anilines is 1. The summed E-state index contributed by atoms with van der Waals surface area (Å²) < 4.78 is 0. The van der Waals surface area contributed by atoms with E-state index < -0.39 is 0 Å². The van der Waals surface area contributed by atoms with E-state index in [0.29, 0.717) is 16.9 Å². The van der Waals surface area contributed by atoms with E-state index in [1.165, 1.54) is 18.2 Å². The predicted molar refractivity (Wildman–Crippen MR) is 96.7 cm³/mol. The zero-order valence-corrected chi connectivity index (χ0v) is 15.5. The molecule has 2 aliphatic rings. The molecule has 1 aromatic rings. The van der Waals surface area contributed by atoms with E-state index in [1.807, 2.05) is 6.92 Å². The van der Waals surface area contributed by atoms with Gasteiger partial charge in [0.2, 0.25) is 0 Å². The lowest BCUT2D eigenvalue weighted by Gasteiger charge is -2.34. The van der Waals surface area contributed by atoms with Crippen molar-refractivity contribution in [3.63, 3.8) is 0 Å². The van der Waals surface area contributed by atoms with Crippen LogP contribution >= 0.6 is 11.8 Å². The third-order valence-corrected chi connectivity index (χ3v) is 6.86. The van der Waals surface area contributed by atoms with Gasteiger partial charge in [-0.2, -0.15) is 5.10 Å². The highest BCUT2D eigenvalue weighted by molar-refractivity contribution is 7.99. The van der Waals surface area contributed by atoms with Crippen molar-refractivity contribution in [2.24, 2.45) is 21.8 Å². The second kappa shape index (κ2) is 6.02. The summed E-state index contributed by atoms with van der Waals surface area (Å²) in [6.07, 6.45) is 3.41. The molecule has 1 amide bonds. The number of hydrazone groups is 1. The molecule has 0 unspecified atom stereocenters. The minimum absolute atomic E-state index is 0.103. The van der Waals surface area contributed by atoms with Crippen molar-refractivity contribution in [2.45, 2.75) is 52.1 Å². The monoisotopic (exact) mass is 347 g/mol. The Morgan fingerprint density at radius 3 is 2.79 bits per heavy atom. The van der Waals surface area contributed by atoms with E-state index in [2.05, 4.69) is 41.3 Å². The molecule has 2 fully saturated rings. The average Bonchev–Trinajstić information content (AvgIpc) is 2.83. The molecule has 3 N–H and O–H groups in total. The van der Waals surface area contributed by atoms with Crippen LogP contribution in [0.1, 0.15) is 45.7 Å². The quantitative estimate of drug-likeness (QED) is 0.496. The standard InChI is InChI=1S/C17H25N5OS/c1-10-7-13(18)20-15(19-10)24-9-14(23)22-21-12-8-11-5-6-17(12,4)16(11,2)3/h7,11H,5-6,8-9H2,1-4H3,(H,22,23)(H2,18,19,20)/t11-,17-/m1/s1. The summed E-state index contributed by atoms with van der Waals surface area (Å²) in [6.45, 7) is 8.78. The summed E-state index contributed by atoms with van der Waals surface area (Å²) in [5.74, 6) is 1.18. The van der Waals surface area contributed by atoms with E-state index in [1.54, 1.807) is 6.07 Å². The Balaban J connectivity index is 1.58. The molecular weight excluding hydrogens is 322 g/mol. The Bertz CT molecular complexity index is 682. The largest absolute Gasteiger partial charge is 0.384 e. The molecule has 2 aliphatic carbocycles. The second-order valence-electron chi connectivity index (χ2n) is 7.59. The highest BCUT2D eigenvalue weighted by atomic mass is 32.2. The first-order valence-corrected chi connectivity index (χ1v) is 9.31. The van der Waals surface area contributed by atoms with E-state index in [-0.39, 0.29) is 22.5 Å². The Hall–Kier alpha value is -1.63. The van der Waals surface area contributed by atoms with Crippen molar-refractivity contribution < 1.29 is 4.79 Å².